The molecule has 0 heterocycles. The van der Waals surface area contributed by atoms with Crippen molar-refractivity contribution in [3.05, 3.63) is 0 Å². The maximum absolute atomic E-state index is 11.4. The van der Waals surface area contributed by atoms with Crippen LogP contribution in [0.15, 0.2) is 0 Å². The highest BCUT2D eigenvalue weighted by atomic mass is 16.5. The Hall–Kier alpha value is -0.370. The minimum atomic E-state index is 0.450. The molecule has 0 bridgehead atoms. The summed E-state index contributed by atoms with van der Waals surface area (Å²) in [4.78, 5) is 11.4. The first-order valence-corrected chi connectivity index (χ1v) is 6.34. The van der Waals surface area contributed by atoms with Crippen LogP contribution in [0.25, 0.3) is 0 Å². The molecule has 0 aromatic heterocycles. The van der Waals surface area contributed by atoms with E-state index in [4.69, 9.17) is 4.74 Å². The number of methoxy groups -OCH3 is 1. The standard InChI is InChI=1S/C13H22O2/c1-15-13-5-3-2-4-10-8-12(14)7-6-11(10)9-13/h10-11,13H,2-9H2,1H3. The Morgan fingerprint density at radius 1 is 1.13 bits per heavy atom. The fraction of sp³-hybridized carbons (Fsp3) is 0.923. The van der Waals surface area contributed by atoms with Gasteiger partial charge in [-0.05, 0) is 37.5 Å². The van der Waals surface area contributed by atoms with Gasteiger partial charge in [0.2, 0.25) is 0 Å². The third-order valence-corrected chi connectivity index (χ3v) is 4.20. The summed E-state index contributed by atoms with van der Waals surface area (Å²) < 4.78 is 5.52. The highest BCUT2D eigenvalue weighted by molar-refractivity contribution is 5.79. The van der Waals surface area contributed by atoms with Crippen molar-refractivity contribution in [1.29, 1.82) is 0 Å². The molecule has 0 aromatic carbocycles. The molecule has 2 aliphatic rings. The molecule has 3 atom stereocenters. The van der Waals surface area contributed by atoms with Gasteiger partial charge in [-0.15, -0.1) is 0 Å². The summed E-state index contributed by atoms with van der Waals surface area (Å²) in [6.07, 6.45) is 9.47. The van der Waals surface area contributed by atoms with E-state index in [1.165, 1.54) is 32.1 Å². The molecule has 0 aliphatic heterocycles. The summed E-state index contributed by atoms with van der Waals surface area (Å²) in [5.41, 5.74) is 0. The van der Waals surface area contributed by atoms with Crippen molar-refractivity contribution in [2.24, 2.45) is 11.8 Å². The molecule has 0 radical (unpaired) electrons. The van der Waals surface area contributed by atoms with Crippen LogP contribution in [-0.4, -0.2) is 19.0 Å². The quantitative estimate of drug-likeness (QED) is 0.665. The molecule has 15 heavy (non-hydrogen) atoms. The summed E-state index contributed by atoms with van der Waals surface area (Å²) in [5.74, 6) is 1.92. The van der Waals surface area contributed by atoms with Gasteiger partial charge in [0, 0.05) is 20.0 Å². The van der Waals surface area contributed by atoms with Crippen LogP contribution in [0.5, 0.6) is 0 Å². The summed E-state index contributed by atoms with van der Waals surface area (Å²) in [6.45, 7) is 0. The molecule has 0 aromatic rings. The zero-order valence-electron chi connectivity index (χ0n) is 9.71. The van der Waals surface area contributed by atoms with E-state index in [1.54, 1.807) is 0 Å². The number of hydrogen-bond acceptors (Lipinski definition) is 2. The first-order valence-electron chi connectivity index (χ1n) is 6.34. The molecule has 2 aliphatic carbocycles. The highest BCUT2D eigenvalue weighted by Gasteiger charge is 2.31. The summed E-state index contributed by atoms with van der Waals surface area (Å²) in [6, 6.07) is 0. The molecule has 0 saturated heterocycles. The Balaban J connectivity index is 1.98. The Morgan fingerprint density at radius 2 is 1.93 bits per heavy atom. The second-order valence-electron chi connectivity index (χ2n) is 5.18. The van der Waals surface area contributed by atoms with Gasteiger partial charge in [0.25, 0.3) is 0 Å². The van der Waals surface area contributed by atoms with Gasteiger partial charge in [0.15, 0.2) is 0 Å². The van der Waals surface area contributed by atoms with Crippen LogP contribution in [0.4, 0.5) is 0 Å². The predicted molar refractivity (Wildman–Crippen MR) is 59.7 cm³/mol. The van der Waals surface area contributed by atoms with Gasteiger partial charge in [-0.2, -0.15) is 0 Å². The fourth-order valence-electron chi connectivity index (χ4n) is 3.24. The summed E-state index contributed by atoms with van der Waals surface area (Å²) in [7, 11) is 1.83. The normalized spacial score (nSPS) is 37.9. The Labute approximate surface area is 92.4 Å². The lowest BCUT2D eigenvalue weighted by atomic mass is 9.72. The Kier molecular flexibility index (Phi) is 3.79. The van der Waals surface area contributed by atoms with Crippen LogP contribution in [-0.2, 0) is 9.53 Å². The Morgan fingerprint density at radius 3 is 2.73 bits per heavy atom. The van der Waals surface area contributed by atoms with Crippen molar-refractivity contribution in [2.75, 3.05) is 7.11 Å². The first kappa shape index (κ1) is 11.1. The average molecular weight is 210 g/mol. The van der Waals surface area contributed by atoms with Crippen LogP contribution in [0.2, 0.25) is 0 Å². The Bertz CT molecular complexity index is 225. The zero-order chi connectivity index (χ0) is 10.7. The smallest absolute Gasteiger partial charge is 0.133 e. The van der Waals surface area contributed by atoms with Crippen molar-refractivity contribution >= 4 is 5.78 Å². The molecule has 0 amide bonds. The largest absolute Gasteiger partial charge is 0.381 e. The van der Waals surface area contributed by atoms with Gasteiger partial charge in [0.05, 0.1) is 6.10 Å². The zero-order valence-corrected chi connectivity index (χ0v) is 9.71. The third-order valence-electron chi connectivity index (χ3n) is 4.20. The van der Waals surface area contributed by atoms with Crippen molar-refractivity contribution in [1.82, 2.24) is 0 Å². The second kappa shape index (κ2) is 5.11. The minimum Gasteiger partial charge on any atom is -0.381 e. The van der Waals surface area contributed by atoms with Gasteiger partial charge >= 0.3 is 0 Å². The van der Waals surface area contributed by atoms with Crippen LogP contribution < -0.4 is 0 Å². The van der Waals surface area contributed by atoms with E-state index in [0.29, 0.717) is 17.8 Å². The molecular formula is C13H22O2. The minimum absolute atomic E-state index is 0.450. The second-order valence-corrected chi connectivity index (χ2v) is 5.18. The monoisotopic (exact) mass is 210 g/mol. The van der Waals surface area contributed by atoms with E-state index in [2.05, 4.69) is 0 Å². The molecule has 2 heteroatoms. The van der Waals surface area contributed by atoms with Gasteiger partial charge < -0.3 is 4.74 Å². The number of Topliss-reactive ketones (excluding diaryl/α,β-unsaturated/α-hetero) is 1. The number of carbonyl (C=O) groups is 1. The van der Waals surface area contributed by atoms with Crippen LogP contribution in [0.1, 0.15) is 51.4 Å². The number of hydrogen-bond donors (Lipinski definition) is 0. The molecule has 2 rings (SSSR count). The van der Waals surface area contributed by atoms with E-state index in [1.807, 2.05) is 7.11 Å². The maximum atomic E-state index is 11.4. The molecule has 0 spiro atoms. The van der Waals surface area contributed by atoms with Crippen LogP contribution in [0, 0.1) is 11.8 Å². The lowest BCUT2D eigenvalue weighted by Crippen LogP contribution is -2.30. The summed E-state index contributed by atoms with van der Waals surface area (Å²) in [5, 5.41) is 0. The van der Waals surface area contributed by atoms with E-state index < -0.39 is 0 Å². The number of fused-ring (bicyclic) bond motifs is 1. The van der Waals surface area contributed by atoms with Gasteiger partial charge in [-0.25, -0.2) is 0 Å². The maximum Gasteiger partial charge on any atom is 0.133 e. The van der Waals surface area contributed by atoms with Crippen LogP contribution in [0.3, 0.4) is 0 Å². The number of carbonyl (C=O) groups excluding carboxylic acids is 1. The van der Waals surface area contributed by atoms with Gasteiger partial charge in [-0.3, -0.25) is 4.79 Å². The average Bonchev–Trinajstić information content (AvgIpc) is 2.21. The molecule has 0 N–H and O–H groups in total. The van der Waals surface area contributed by atoms with E-state index in [-0.39, 0.29) is 0 Å². The SMILES string of the molecule is COC1CCCCC2CC(=O)CCC2C1. The highest BCUT2D eigenvalue weighted by Crippen LogP contribution is 2.37. The van der Waals surface area contributed by atoms with Gasteiger partial charge in [0.1, 0.15) is 5.78 Å². The van der Waals surface area contributed by atoms with Crippen molar-refractivity contribution in [2.45, 2.75) is 57.5 Å². The topological polar surface area (TPSA) is 26.3 Å². The molecule has 2 saturated carbocycles. The molecule has 86 valence electrons. The van der Waals surface area contributed by atoms with Gasteiger partial charge in [-0.1, -0.05) is 12.8 Å². The van der Waals surface area contributed by atoms with Crippen molar-refractivity contribution in [3.63, 3.8) is 0 Å². The van der Waals surface area contributed by atoms with E-state index in [0.717, 1.165) is 25.2 Å². The predicted octanol–water partition coefficient (Wildman–Crippen LogP) is 2.95. The molecule has 3 unspecified atom stereocenters. The van der Waals surface area contributed by atoms with Crippen LogP contribution >= 0.6 is 0 Å². The summed E-state index contributed by atoms with van der Waals surface area (Å²) >= 11 is 0. The molecule has 2 nitrogen and oxygen atoms in total. The van der Waals surface area contributed by atoms with E-state index >= 15 is 0 Å². The first-order chi connectivity index (χ1) is 7.29. The number of ether oxygens (including phenoxy) is 1. The third kappa shape index (κ3) is 2.81. The lowest BCUT2D eigenvalue weighted by Gasteiger charge is -2.35. The number of ketones is 1. The molecule has 2 fully saturated rings. The lowest BCUT2D eigenvalue weighted by molar-refractivity contribution is -0.123. The van der Waals surface area contributed by atoms with E-state index in [9.17, 15) is 4.79 Å². The van der Waals surface area contributed by atoms with Crippen molar-refractivity contribution < 1.29 is 9.53 Å². The fourth-order valence-corrected chi connectivity index (χ4v) is 3.24. The molecular weight excluding hydrogens is 188 g/mol. The van der Waals surface area contributed by atoms with Crippen molar-refractivity contribution in [3.8, 4) is 0 Å². The number of rotatable bonds is 1.